The van der Waals surface area contributed by atoms with E-state index in [9.17, 15) is 0 Å². The molecule has 28 rings (SSSR count). The van der Waals surface area contributed by atoms with Gasteiger partial charge in [-0.2, -0.15) is 0 Å². The molecule has 0 spiro atoms. The molecule has 5 nitrogen and oxygen atoms in total. The maximum absolute atomic E-state index is 6.42. The van der Waals surface area contributed by atoms with E-state index in [0.717, 1.165) is 94.9 Å². The predicted molar refractivity (Wildman–Crippen MR) is 622 cm³/mol. The lowest BCUT2D eigenvalue weighted by atomic mass is 9.91. The highest BCUT2D eigenvalue weighted by molar-refractivity contribution is 7.25. The first kappa shape index (κ1) is 87.3. The summed E-state index contributed by atoms with van der Waals surface area (Å²) in [5, 5.41) is 19.4. The van der Waals surface area contributed by atoms with Gasteiger partial charge in [0, 0.05) is 104 Å². The Labute approximate surface area is 850 Å². The molecular formula is C140H93N3O2S. The summed E-state index contributed by atoms with van der Waals surface area (Å²) >= 11 is 1.86. The van der Waals surface area contributed by atoms with Crippen molar-refractivity contribution in [3.05, 3.63) is 564 Å². The van der Waals surface area contributed by atoms with Crippen molar-refractivity contribution in [2.45, 2.75) is 0 Å². The molecule has 28 aromatic rings. The molecule has 0 aliphatic carbocycles. The zero-order chi connectivity index (χ0) is 96.7. The molecule has 0 bridgehead atoms. The Kier molecular flexibility index (Phi) is 22.8. The van der Waals surface area contributed by atoms with Crippen LogP contribution in [0.3, 0.4) is 0 Å². The molecule has 0 atom stereocenters. The van der Waals surface area contributed by atoms with Crippen LogP contribution in [0.1, 0.15) is 0 Å². The average Bonchev–Trinajstić information content (AvgIpc) is 1.38. The normalized spacial score (nSPS) is 11.4. The van der Waals surface area contributed by atoms with E-state index in [4.69, 9.17) is 8.83 Å². The van der Waals surface area contributed by atoms with Crippen molar-refractivity contribution in [1.82, 2.24) is 0 Å². The highest BCUT2D eigenvalue weighted by Gasteiger charge is 2.26. The highest BCUT2D eigenvalue weighted by atomic mass is 32.1. The maximum Gasteiger partial charge on any atom is 0.137 e. The van der Waals surface area contributed by atoms with Gasteiger partial charge in [-0.1, -0.05) is 437 Å². The van der Waals surface area contributed by atoms with Gasteiger partial charge >= 0.3 is 0 Å². The van der Waals surface area contributed by atoms with Crippen LogP contribution >= 0.6 is 11.3 Å². The van der Waals surface area contributed by atoms with Gasteiger partial charge in [0.1, 0.15) is 22.3 Å². The molecular weight excluding hydrogens is 1790 g/mol. The summed E-state index contributed by atoms with van der Waals surface area (Å²) in [6, 6.07) is 203. The molecule has 0 fully saturated rings. The number of anilines is 9. The second-order valence-corrected chi connectivity index (χ2v) is 38.3. The van der Waals surface area contributed by atoms with E-state index < -0.39 is 0 Å². The Morgan fingerprint density at radius 2 is 0.397 bits per heavy atom. The summed E-state index contributed by atoms with van der Waals surface area (Å²) in [6.07, 6.45) is 0. The van der Waals surface area contributed by atoms with Crippen molar-refractivity contribution in [1.29, 1.82) is 0 Å². The predicted octanol–water partition coefficient (Wildman–Crippen LogP) is 40.7. The third-order valence-corrected chi connectivity index (χ3v) is 29.7. The van der Waals surface area contributed by atoms with E-state index in [1.807, 2.05) is 35.6 Å². The molecule has 0 aliphatic rings. The maximum atomic E-state index is 6.42. The third-order valence-electron chi connectivity index (χ3n) is 28.5. The third kappa shape index (κ3) is 16.4. The molecule has 0 saturated carbocycles. The topological polar surface area (TPSA) is 36.0 Å². The van der Waals surface area contributed by atoms with E-state index in [-0.39, 0.29) is 0 Å². The van der Waals surface area contributed by atoms with Gasteiger partial charge in [-0.15, -0.1) is 11.3 Å². The second-order valence-electron chi connectivity index (χ2n) is 37.2. The van der Waals surface area contributed by atoms with Crippen LogP contribution in [0.25, 0.3) is 207 Å². The van der Waals surface area contributed by atoms with Crippen molar-refractivity contribution in [2.24, 2.45) is 0 Å². The molecule has 0 unspecified atom stereocenters. The monoisotopic (exact) mass is 1880 g/mol. The van der Waals surface area contributed by atoms with Crippen molar-refractivity contribution in [3.63, 3.8) is 0 Å². The summed E-state index contributed by atoms with van der Waals surface area (Å²) in [7, 11) is 0. The first-order valence-corrected chi connectivity index (χ1v) is 50.6. The molecule has 3 heterocycles. The number of hydrogen-bond acceptors (Lipinski definition) is 6. The van der Waals surface area contributed by atoms with E-state index >= 15 is 0 Å². The summed E-state index contributed by atoms with van der Waals surface area (Å²) in [5.41, 5.74) is 32.7. The fourth-order valence-electron chi connectivity index (χ4n) is 21.8. The first-order valence-electron chi connectivity index (χ1n) is 49.8. The highest BCUT2D eigenvalue weighted by Crippen LogP contribution is 2.51. The zero-order valence-corrected chi connectivity index (χ0v) is 80.6. The number of para-hydroxylation sites is 2. The van der Waals surface area contributed by atoms with Gasteiger partial charge in [0.2, 0.25) is 0 Å². The SMILES string of the molecule is c1ccc(-c2cccc3cccc(-c4cccc(N(c5ccc6c(c5)oc5ccccc56)c5cccc6ccccc56)c4)c23)cc1.c1ccc(-c2cccc3cccc(-c4cccc(N(c5ccc6c(c5)sc5ccccc56)c5cccc6ccccc56)c4)c23)cc1.c1ccc(-c2ccccc2-c2ccc(N(c3cccc(-c4cccc5cccc(-c6ccccc6)c45)c3)c3ccc4c(c3)oc3ccccc34)cc2)cc1. The summed E-state index contributed by atoms with van der Waals surface area (Å²) in [6.45, 7) is 0. The van der Waals surface area contributed by atoms with Gasteiger partial charge in [0.05, 0.1) is 11.4 Å². The second kappa shape index (κ2) is 38.2. The Morgan fingerprint density at radius 3 is 0.822 bits per heavy atom. The zero-order valence-electron chi connectivity index (χ0n) is 79.8. The molecule has 3 aromatic heterocycles. The van der Waals surface area contributed by atoms with Crippen LogP contribution in [0.5, 0.6) is 0 Å². The molecule has 686 valence electrons. The van der Waals surface area contributed by atoms with E-state index in [1.165, 1.54) is 163 Å². The quantitative estimate of drug-likeness (QED) is 0.0908. The van der Waals surface area contributed by atoms with Crippen molar-refractivity contribution in [2.75, 3.05) is 14.7 Å². The van der Waals surface area contributed by atoms with Crippen LogP contribution in [-0.2, 0) is 0 Å². The van der Waals surface area contributed by atoms with Crippen molar-refractivity contribution < 1.29 is 8.83 Å². The Morgan fingerprint density at radius 1 is 0.137 bits per heavy atom. The molecule has 0 amide bonds. The lowest BCUT2D eigenvalue weighted by Gasteiger charge is -2.27. The van der Waals surface area contributed by atoms with Gasteiger partial charge < -0.3 is 23.5 Å². The lowest BCUT2D eigenvalue weighted by molar-refractivity contribution is 0.668. The fourth-order valence-corrected chi connectivity index (χ4v) is 23.0. The van der Waals surface area contributed by atoms with Crippen molar-refractivity contribution in [3.8, 4) is 89.0 Å². The van der Waals surface area contributed by atoms with Gasteiger partial charge in [-0.05, 0) is 247 Å². The van der Waals surface area contributed by atoms with E-state index in [2.05, 4.69) is 555 Å². The molecule has 0 saturated heterocycles. The molecule has 6 heteroatoms. The number of fused-ring (bicyclic) bond motifs is 14. The van der Waals surface area contributed by atoms with Gasteiger partial charge in [-0.25, -0.2) is 0 Å². The average molecular weight is 1880 g/mol. The van der Waals surface area contributed by atoms with Crippen LogP contribution in [0.4, 0.5) is 51.2 Å². The standard InChI is InChI=1S/C52H35NO.C44H29NO.C44H29NS/c1-3-14-36(15-4-1)44-22-7-8-23-45(44)38-28-30-41(31-29-38)53(43-32-33-49-48-24-9-10-27-50(48)54-51(49)35-43)42-21-11-20-40(34-42)47-26-13-19-39-18-12-25-46(52(39)47)37-16-5-2-6-17-37;2*1-2-12-31(13-3-1)37-22-9-16-32-17-10-23-38(44(32)37)33-18-8-19-34(28-33)45(41-24-11-15-30-14-4-5-20-36(30)41)35-26-27-40-39-21-6-7-25-42(39)46-43(40)29-35/h1-35H;2*1-29H. The minimum atomic E-state index is 0.866. The van der Waals surface area contributed by atoms with Crippen LogP contribution in [0.15, 0.2) is 573 Å². The van der Waals surface area contributed by atoms with E-state index in [0.29, 0.717) is 0 Å². The number of thiophene rings is 1. The van der Waals surface area contributed by atoms with Crippen LogP contribution in [-0.4, -0.2) is 0 Å². The Hall–Kier alpha value is -19.0. The summed E-state index contributed by atoms with van der Waals surface area (Å²) in [4.78, 5) is 7.13. The fraction of sp³-hybridized carbons (Fsp3) is 0. The van der Waals surface area contributed by atoms with Crippen LogP contribution < -0.4 is 14.7 Å². The Balaban J connectivity index is 0.000000112. The number of nitrogens with zero attached hydrogens (tertiary/aromatic N) is 3. The largest absolute Gasteiger partial charge is 0.456 e. The molecule has 0 radical (unpaired) electrons. The van der Waals surface area contributed by atoms with E-state index in [1.54, 1.807) is 0 Å². The summed E-state index contributed by atoms with van der Waals surface area (Å²) < 4.78 is 15.4. The van der Waals surface area contributed by atoms with Crippen LogP contribution in [0, 0.1) is 0 Å². The molecule has 0 aliphatic heterocycles. The minimum absolute atomic E-state index is 0.866. The molecule has 0 N–H and O–H groups in total. The lowest BCUT2D eigenvalue weighted by Crippen LogP contribution is -2.10. The first-order chi connectivity index (χ1) is 72.4. The molecule has 146 heavy (non-hydrogen) atoms. The number of rotatable bonds is 17. The summed E-state index contributed by atoms with van der Waals surface area (Å²) in [5.74, 6) is 0. The minimum Gasteiger partial charge on any atom is -0.456 e. The smallest absolute Gasteiger partial charge is 0.137 e. The van der Waals surface area contributed by atoms with Crippen LogP contribution in [0.2, 0.25) is 0 Å². The van der Waals surface area contributed by atoms with Gasteiger partial charge in [-0.3, -0.25) is 0 Å². The van der Waals surface area contributed by atoms with Crippen molar-refractivity contribution >= 4 is 180 Å². The number of hydrogen-bond donors (Lipinski definition) is 0. The molecule has 25 aromatic carbocycles. The number of furan rings is 2. The number of benzene rings is 25. The van der Waals surface area contributed by atoms with Gasteiger partial charge in [0.15, 0.2) is 0 Å². The van der Waals surface area contributed by atoms with Gasteiger partial charge in [0.25, 0.3) is 0 Å². The Bertz CT molecular complexity index is 9410.